The van der Waals surface area contributed by atoms with Crippen LogP contribution in [0.3, 0.4) is 0 Å². The molecule has 0 saturated carbocycles. The lowest BCUT2D eigenvalue weighted by Crippen LogP contribution is -2.23. The van der Waals surface area contributed by atoms with Crippen molar-refractivity contribution < 1.29 is 9.47 Å². The van der Waals surface area contributed by atoms with Gasteiger partial charge in [-0.15, -0.1) is 0 Å². The number of benzene rings is 1. The van der Waals surface area contributed by atoms with Crippen molar-refractivity contribution in [2.45, 2.75) is 38.4 Å². The van der Waals surface area contributed by atoms with Gasteiger partial charge in [0.05, 0.1) is 6.61 Å². The third-order valence-electron chi connectivity index (χ3n) is 4.74. The van der Waals surface area contributed by atoms with Gasteiger partial charge < -0.3 is 9.47 Å². The van der Waals surface area contributed by atoms with Crippen molar-refractivity contribution in [3.05, 3.63) is 47.0 Å². The van der Waals surface area contributed by atoms with Crippen LogP contribution in [0.4, 0.5) is 0 Å². The van der Waals surface area contributed by atoms with E-state index in [-0.39, 0.29) is 6.29 Å². The molecule has 0 aromatic heterocycles. The molecule has 1 saturated heterocycles. The number of ether oxygens (including phenoxy) is 2. The van der Waals surface area contributed by atoms with Gasteiger partial charge in [0.2, 0.25) is 0 Å². The summed E-state index contributed by atoms with van der Waals surface area (Å²) < 4.78 is 11.5. The molecule has 0 bridgehead atoms. The minimum atomic E-state index is 0.0484. The van der Waals surface area contributed by atoms with Crippen LogP contribution in [0.15, 0.2) is 35.9 Å². The molecule has 0 amide bonds. The third kappa shape index (κ3) is 2.70. The minimum absolute atomic E-state index is 0.0484. The molecule has 4 rings (SSSR count). The van der Waals surface area contributed by atoms with Gasteiger partial charge in [0.25, 0.3) is 0 Å². The van der Waals surface area contributed by atoms with Crippen LogP contribution in [-0.2, 0) is 9.47 Å². The average molecular weight is 282 g/mol. The highest BCUT2D eigenvalue weighted by atomic mass is 16.7. The lowest BCUT2D eigenvalue weighted by Gasteiger charge is -2.23. The summed E-state index contributed by atoms with van der Waals surface area (Å²) in [5.74, 6) is 0.628. The van der Waals surface area contributed by atoms with Crippen LogP contribution in [-0.4, -0.2) is 19.5 Å². The highest BCUT2D eigenvalue weighted by Gasteiger charge is 2.27. The normalized spacial score (nSPS) is 27.0. The Morgan fingerprint density at radius 3 is 3.05 bits per heavy atom. The van der Waals surface area contributed by atoms with Gasteiger partial charge in [0, 0.05) is 6.61 Å². The molecule has 1 aromatic rings. The summed E-state index contributed by atoms with van der Waals surface area (Å²) in [6.45, 7) is 1.68. The summed E-state index contributed by atoms with van der Waals surface area (Å²) in [6.07, 6.45) is 10.6. The molecule has 1 fully saturated rings. The Labute approximate surface area is 126 Å². The van der Waals surface area contributed by atoms with Gasteiger partial charge in [0.1, 0.15) is 0 Å². The zero-order chi connectivity index (χ0) is 14.1. The molecule has 1 aromatic carbocycles. The molecule has 1 heterocycles. The van der Waals surface area contributed by atoms with Crippen molar-refractivity contribution in [1.82, 2.24) is 0 Å². The van der Waals surface area contributed by atoms with Gasteiger partial charge in [-0.05, 0) is 60.3 Å². The Hall–Kier alpha value is -1.38. The number of fused-ring (bicyclic) bond motifs is 3. The molecule has 1 aliphatic heterocycles. The zero-order valence-electron chi connectivity index (χ0n) is 12.4. The van der Waals surface area contributed by atoms with Crippen LogP contribution in [0.5, 0.6) is 0 Å². The van der Waals surface area contributed by atoms with Crippen molar-refractivity contribution in [2.75, 3.05) is 13.2 Å². The SMILES string of the molecule is C1=C2C[C@H](CCOC3CCCCO3)C=C2c2ccccc21. The molecule has 0 N–H and O–H groups in total. The van der Waals surface area contributed by atoms with Crippen molar-refractivity contribution in [2.24, 2.45) is 5.92 Å². The van der Waals surface area contributed by atoms with E-state index in [9.17, 15) is 0 Å². The number of allylic oxidation sites excluding steroid dienone is 3. The average Bonchev–Trinajstić information content (AvgIpc) is 3.05. The second kappa shape index (κ2) is 5.78. The van der Waals surface area contributed by atoms with Gasteiger partial charge >= 0.3 is 0 Å². The maximum Gasteiger partial charge on any atom is 0.157 e. The Morgan fingerprint density at radius 2 is 2.14 bits per heavy atom. The fourth-order valence-electron chi connectivity index (χ4n) is 3.63. The van der Waals surface area contributed by atoms with E-state index in [1.165, 1.54) is 41.5 Å². The fraction of sp³-hybridized carbons (Fsp3) is 0.474. The van der Waals surface area contributed by atoms with E-state index < -0.39 is 0 Å². The van der Waals surface area contributed by atoms with Gasteiger partial charge in [-0.3, -0.25) is 0 Å². The predicted octanol–water partition coefficient (Wildman–Crippen LogP) is 4.42. The van der Waals surface area contributed by atoms with Crippen molar-refractivity contribution in [3.63, 3.8) is 0 Å². The molecule has 21 heavy (non-hydrogen) atoms. The second-order valence-corrected chi connectivity index (χ2v) is 6.26. The Morgan fingerprint density at radius 1 is 1.19 bits per heavy atom. The van der Waals surface area contributed by atoms with Crippen LogP contribution >= 0.6 is 0 Å². The highest BCUT2D eigenvalue weighted by molar-refractivity contribution is 5.96. The van der Waals surface area contributed by atoms with Gasteiger partial charge in [-0.1, -0.05) is 36.4 Å². The van der Waals surface area contributed by atoms with Crippen LogP contribution in [0.2, 0.25) is 0 Å². The highest BCUT2D eigenvalue weighted by Crippen LogP contribution is 2.45. The van der Waals surface area contributed by atoms with Crippen LogP contribution in [0.25, 0.3) is 11.6 Å². The van der Waals surface area contributed by atoms with Crippen molar-refractivity contribution in [1.29, 1.82) is 0 Å². The monoisotopic (exact) mass is 282 g/mol. The Kier molecular flexibility index (Phi) is 3.66. The summed E-state index contributed by atoms with van der Waals surface area (Å²) in [7, 11) is 0. The van der Waals surface area contributed by atoms with E-state index in [0.29, 0.717) is 5.92 Å². The number of rotatable bonds is 4. The Bertz CT molecular complexity index is 579. The summed E-state index contributed by atoms with van der Waals surface area (Å²) >= 11 is 0. The maximum atomic E-state index is 5.87. The molecule has 110 valence electrons. The lowest BCUT2D eigenvalue weighted by atomic mass is 10.0. The molecule has 3 aliphatic rings. The maximum absolute atomic E-state index is 5.87. The summed E-state index contributed by atoms with van der Waals surface area (Å²) in [4.78, 5) is 0. The molecule has 2 atom stereocenters. The summed E-state index contributed by atoms with van der Waals surface area (Å²) in [5, 5.41) is 0. The van der Waals surface area contributed by atoms with E-state index in [4.69, 9.17) is 9.47 Å². The molecule has 2 nitrogen and oxygen atoms in total. The van der Waals surface area contributed by atoms with E-state index >= 15 is 0 Å². The molecule has 2 heteroatoms. The standard InChI is InChI=1S/C19H22O2/c1-2-6-17-15(5-1)13-16-11-14(12-18(16)17)8-10-21-19-7-3-4-9-20-19/h1-2,5-6,12-14,19H,3-4,7-11H2/t14-,19?/m0/s1. The lowest BCUT2D eigenvalue weighted by molar-refractivity contribution is -0.163. The van der Waals surface area contributed by atoms with E-state index in [2.05, 4.69) is 36.4 Å². The Balaban J connectivity index is 1.33. The van der Waals surface area contributed by atoms with Crippen molar-refractivity contribution >= 4 is 11.6 Å². The fourth-order valence-corrected chi connectivity index (χ4v) is 3.63. The first-order valence-corrected chi connectivity index (χ1v) is 8.15. The molecule has 0 radical (unpaired) electrons. The molecular weight excluding hydrogens is 260 g/mol. The first kappa shape index (κ1) is 13.3. The van der Waals surface area contributed by atoms with E-state index in [0.717, 1.165) is 26.1 Å². The van der Waals surface area contributed by atoms with Crippen LogP contribution in [0.1, 0.15) is 43.2 Å². The second-order valence-electron chi connectivity index (χ2n) is 6.26. The third-order valence-corrected chi connectivity index (χ3v) is 4.74. The number of hydrogen-bond acceptors (Lipinski definition) is 2. The molecule has 2 aliphatic carbocycles. The quantitative estimate of drug-likeness (QED) is 0.814. The first-order valence-electron chi connectivity index (χ1n) is 8.15. The summed E-state index contributed by atoms with van der Waals surface area (Å²) in [6, 6.07) is 8.69. The van der Waals surface area contributed by atoms with Crippen molar-refractivity contribution in [3.8, 4) is 0 Å². The molecule has 1 unspecified atom stereocenters. The van der Waals surface area contributed by atoms with E-state index in [1.807, 2.05) is 0 Å². The predicted molar refractivity (Wildman–Crippen MR) is 84.7 cm³/mol. The smallest absolute Gasteiger partial charge is 0.157 e. The largest absolute Gasteiger partial charge is 0.353 e. The van der Waals surface area contributed by atoms with Gasteiger partial charge in [-0.2, -0.15) is 0 Å². The first-order chi connectivity index (χ1) is 10.4. The molecule has 0 spiro atoms. The summed E-state index contributed by atoms with van der Waals surface area (Å²) in [5.41, 5.74) is 5.76. The van der Waals surface area contributed by atoms with Crippen LogP contribution in [0, 0.1) is 5.92 Å². The minimum Gasteiger partial charge on any atom is -0.353 e. The van der Waals surface area contributed by atoms with Gasteiger partial charge in [0.15, 0.2) is 6.29 Å². The van der Waals surface area contributed by atoms with Crippen LogP contribution < -0.4 is 0 Å². The number of hydrogen-bond donors (Lipinski definition) is 0. The zero-order valence-corrected chi connectivity index (χ0v) is 12.4. The molecular formula is C19H22O2. The van der Waals surface area contributed by atoms with E-state index in [1.54, 1.807) is 0 Å². The van der Waals surface area contributed by atoms with Gasteiger partial charge in [-0.25, -0.2) is 0 Å². The topological polar surface area (TPSA) is 18.5 Å².